The van der Waals surface area contributed by atoms with Gasteiger partial charge in [0, 0.05) is 18.0 Å². The molecule has 4 nitrogen and oxygen atoms in total. The molecular formula is C7H10IN3O. The van der Waals surface area contributed by atoms with E-state index in [4.69, 9.17) is 16.6 Å². The molecule has 0 unspecified atom stereocenters. The van der Waals surface area contributed by atoms with Crippen LogP contribution in [0.3, 0.4) is 0 Å². The monoisotopic (exact) mass is 279 g/mol. The van der Waals surface area contributed by atoms with Crippen LogP contribution in [-0.4, -0.2) is 16.7 Å². The lowest BCUT2D eigenvalue weighted by atomic mass is 10.1. The highest BCUT2D eigenvalue weighted by Gasteiger charge is 2.10. The fourth-order valence-corrected chi connectivity index (χ4v) is 1.33. The number of nitrogens with zero attached hydrogens (tertiary/aromatic N) is 1. The van der Waals surface area contributed by atoms with Gasteiger partial charge < -0.3 is 16.6 Å². The number of aliphatic hydroxyl groups excluding tert-OH is 1. The van der Waals surface area contributed by atoms with Crippen molar-refractivity contribution in [3.8, 4) is 0 Å². The number of anilines is 1. The van der Waals surface area contributed by atoms with Gasteiger partial charge in [-0.25, -0.2) is 0 Å². The summed E-state index contributed by atoms with van der Waals surface area (Å²) in [7, 11) is 0. The van der Waals surface area contributed by atoms with E-state index in [0.717, 1.165) is 3.57 Å². The molecule has 0 radical (unpaired) electrons. The highest BCUT2D eigenvalue weighted by atomic mass is 127. The van der Waals surface area contributed by atoms with Crippen molar-refractivity contribution in [2.75, 3.05) is 12.3 Å². The number of halogens is 1. The van der Waals surface area contributed by atoms with Gasteiger partial charge in [0.05, 0.1) is 21.9 Å². The maximum Gasteiger partial charge on any atom is 0.0625 e. The van der Waals surface area contributed by atoms with E-state index in [1.165, 1.54) is 0 Å². The first-order chi connectivity index (χ1) is 5.66. The molecule has 0 bridgehead atoms. The Morgan fingerprint density at radius 2 is 2.25 bits per heavy atom. The molecule has 0 aliphatic carbocycles. The number of hydrogen-bond acceptors (Lipinski definition) is 4. The smallest absolute Gasteiger partial charge is 0.0625 e. The number of rotatable bonds is 2. The maximum atomic E-state index is 8.79. The van der Waals surface area contributed by atoms with Crippen molar-refractivity contribution >= 4 is 28.3 Å². The molecule has 1 rings (SSSR count). The Kier molecular flexibility index (Phi) is 3.24. The summed E-state index contributed by atoms with van der Waals surface area (Å²) < 4.78 is 0.856. The highest BCUT2D eigenvalue weighted by Crippen LogP contribution is 2.21. The Bertz CT molecular complexity index is 279. The molecule has 5 N–H and O–H groups in total. The van der Waals surface area contributed by atoms with Crippen molar-refractivity contribution in [1.29, 1.82) is 0 Å². The zero-order chi connectivity index (χ0) is 9.14. The lowest BCUT2D eigenvalue weighted by Gasteiger charge is -2.11. The number of aliphatic hydroxyl groups is 1. The second kappa shape index (κ2) is 4.01. The second-order valence-electron chi connectivity index (χ2n) is 2.41. The summed E-state index contributed by atoms with van der Waals surface area (Å²) >= 11 is 2.07. The molecule has 0 aromatic carbocycles. The Labute approximate surface area is 84.1 Å². The standard InChI is InChI=1S/C7H10IN3O/c8-5-2-11-1-4(7(5)10)6(9)3-12/h1-2,6,12H,3,9H2,(H2,10,11)/t6-/m0/s1. The molecule has 66 valence electrons. The molecule has 0 aliphatic heterocycles. The Morgan fingerprint density at radius 1 is 1.58 bits per heavy atom. The molecule has 0 fully saturated rings. The first-order valence-corrected chi connectivity index (χ1v) is 4.50. The minimum absolute atomic E-state index is 0.119. The van der Waals surface area contributed by atoms with Crippen LogP contribution < -0.4 is 11.5 Å². The molecule has 0 amide bonds. The minimum atomic E-state index is -0.438. The van der Waals surface area contributed by atoms with Gasteiger partial charge in [0.1, 0.15) is 0 Å². The largest absolute Gasteiger partial charge is 0.398 e. The first kappa shape index (κ1) is 9.69. The summed E-state index contributed by atoms with van der Waals surface area (Å²) in [6, 6.07) is -0.438. The third-order valence-corrected chi connectivity index (χ3v) is 2.43. The lowest BCUT2D eigenvalue weighted by Crippen LogP contribution is -2.17. The lowest BCUT2D eigenvalue weighted by molar-refractivity contribution is 0.268. The van der Waals surface area contributed by atoms with E-state index < -0.39 is 6.04 Å². The average molecular weight is 279 g/mol. The number of aromatic nitrogens is 1. The van der Waals surface area contributed by atoms with Crippen molar-refractivity contribution < 1.29 is 5.11 Å². The van der Waals surface area contributed by atoms with Crippen molar-refractivity contribution in [2.45, 2.75) is 6.04 Å². The molecule has 1 aromatic heterocycles. The third kappa shape index (κ3) is 1.85. The third-order valence-electron chi connectivity index (χ3n) is 1.57. The van der Waals surface area contributed by atoms with Gasteiger partial charge in [0.15, 0.2) is 0 Å². The summed E-state index contributed by atoms with van der Waals surface area (Å²) in [6.07, 6.45) is 3.24. The van der Waals surface area contributed by atoms with E-state index in [2.05, 4.69) is 27.6 Å². The Morgan fingerprint density at radius 3 is 2.83 bits per heavy atom. The number of pyridine rings is 1. The SMILES string of the molecule is Nc1c(I)cncc1[C@@H](N)CO. The van der Waals surface area contributed by atoms with Crippen molar-refractivity contribution in [1.82, 2.24) is 4.98 Å². The van der Waals surface area contributed by atoms with E-state index in [1.54, 1.807) is 12.4 Å². The van der Waals surface area contributed by atoms with Gasteiger partial charge in [0.25, 0.3) is 0 Å². The van der Waals surface area contributed by atoms with E-state index in [0.29, 0.717) is 11.3 Å². The van der Waals surface area contributed by atoms with E-state index in [1.807, 2.05) is 0 Å². The fraction of sp³-hybridized carbons (Fsp3) is 0.286. The van der Waals surface area contributed by atoms with Gasteiger partial charge in [-0.3, -0.25) is 4.98 Å². The van der Waals surface area contributed by atoms with Crippen LogP contribution in [0.15, 0.2) is 12.4 Å². The molecule has 0 spiro atoms. The van der Waals surface area contributed by atoms with Crippen molar-refractivity contribution in [3.05, 3.63) is 21.5 Å². The molecular weight excluding hydrogens is 269 g/mol. The van der Waals surface area contributed by atoms with Crippen LogP contribution in [0.2, 0.25) is 0 Å². The van der Waals surface area contributed by atoms with Crippen LogP contribution in [0.5, 0.6) is 0 Å². The van der Waals surface area contributed by atoms with Crippen molar-refractivity contribution in [3.63, 3.8) is 0 Å². The van der Waals surface area contributed by atoms with Gasteiger partial charge in [-0.15, -0.1) is 0 Å². The maximum absolute atomic E-state index is 8.79. The van der Waals surface area contributed by atoms with Crippen LogP contribution >= 0.6 is 22.6 Å². The molecule has 0 saturated carbocycles. The zero-order valence-corrected chi connectivity index (χ0v) is 8.52. The molecule has 1 atom stereocenters. The van der Waals surface area contributed by atoms with Gasteiger partial charge in [0.2, 0.25) is 0 Å². The normalized spacial score (nSPS) is 12.9. The average Bonchev–Trinajstić information content (AvgIpc) is 2.08. The van der Waals surface area contributed by atoms with Crippen LogP contribution in [0.4, 0.5) is 5.69 Å². The quantitative estimate of drug-likeness (QED) is 0.678. The van der Waals surface area contributed by atoms with E-state index in [9.17, 15) is 0 Å². The number of hydrogen-bond donors (Lipinski definition) is 3. The molecule has 0 saturated heterocycles. The second-order valence-corrected chi connectivity index (χ2v) is 3.58. The van der Waals surface area contributed by atoms with Crippen LogP contribution in [0, 0.1) is 3.57 Å². The molecule has 1 aromatic rings. The van der Waals surface area contributed by atoms with Gasteiger partial charge in [-0.05, 0) is 22.6 Å². The zero-order valence-electron chi connectivity index (χ0n) is 6.37. The summed E-state index contributed by atoms with van der Waals surface area (Å²) in [5.74, 6) is 0. The van der Waals surface area contributed by atoms with Crippen LogP contribution in [0.25, 0.3) is 0 Å². The minimum Gasteiger partial charge on any atom is -0.398 e. The van der Waals surface area contributed by atoms with E-state index in [-0.39, 0.29) is 6.61 Å². The van der Waals surface area contributed by atoms with Crippen LogP contribution in [-0.2, 0) is 0 Å². The highest BCUT2D eigenvalue weighted by molar-refractivity contribution is 14.1. The molecule has 1 heterocycles. The predicted molar refractivity (Wildman–Crippen MR) is 55.4 cm³/mol. The molecule has 12 heavy (non-hydrogen) atoms. The number of nitrogen functional groups attached to an aromatic ring is 1. The van der Waals surface area contributed by atoms with Gasteiger partial charge >= 0.3 is 0 Å². The van der Waals surface area contributed by atoms with Gasteiger partial charge in [-0.2, -0.15) is 0 Å². The van der Waals surface area contributed by atoms with Crippen LogP contribution in [0.1, 0.15) is 11.6 Å². The Balaban J connectivity index is 3.07. The van der Waals surface area contributed by atoms with Gasteiger partial charge in [-0.1, -0.05) is 0 Å². The summed E-state index contributed by atoms with van der Waals surface area (Å²) in [4.78, 5) is 3.94. The predicted octanol–water partition coefficient (Wildman–Crippen LogP) is 0.261. The first-order valence-electron chi connectivity index (χ1n) is 3.42. The molecule has 0 aliphatic rings. The topological polar surface area (TPSA) is 85.2 Å². The fourth-order valence-electron chi connectivity index (χ4n) is 0.854. The number of nitrogens with two attached hydrogens (primary N) is 2. The molecule has 5 heteroatoms. The summed E-state index contributed by atoms with van der Waals surface area (Å²) in [5, 5.41) is 8.79. The summed E-state index contributed by atoms with van der Waals surface area (Å²) in [6.45, 7) is -0.119. The van der Waals surface area contributed by atoms with Crippen molar-refractivity contribution in [2.24, 2.45) is 5.73 Å². The summed E-state index contributed by atoms with van der Waals surface area (Å²) in [5.41, 5.74) is 12.6. The Hall–Kier alpha value is -0.400. The van der Waals surface area contributed by atoms with E-state index >= 15 is 0 Å².